The molecule has 3 unspecified atom stereocenters. The summed E-state index contributed by atoms with van der Waals surface area (Å²) in [6.07, 6.45) is -1.00. The maximum absolute atomic E-state index is 14.9. The van der Waals surface area contributed by atoms with Gasteiger partial charge in [0.2, 0.25) is 5.91 Å². The third-order valence-electron chi connectivity index (χ3n) is 6.00. The number of rotatable bonds is 6. The number of hydrogen-bond acceptors (Lipinski definition) is 5. The number of likely N-dealkylation sites (tertiary alicyclic amines) is 1. The SMILES string of the molecule is CC(=O)NCC1CN(c2ccc(N3CC4CN(CCF)CC4C3)c(F)c2)C(=O)O1. The number of hydrogen-bond donors (Lipinski definition) is 1. The summed E-state index contributed by atoms with van der Waals surface area (Å²) in [5.74, 6) is 0.298. The summed E-state index contributed by atoms with van der Waals surface area (Å²) < 4.78 is 32.7. The van der Waals surface area contributed by atoms with Crippen LogP contribution in [0.15, 0.2) is 18.2 Å². The topological polar surface area (TPSA) is 65.1 Å². The molecular weight excluding hydrogens is 382 g/mol. The number of anilines is 2. The number of halogens is 2. The first kappa shape index (κ1) is 19.9. The van der Waals surface area contributed by atoms with Crippen LogP contribution in [0.1, 0.15) is 6.92 Å². The molecule has 4 rings (SSSR count). The number of ether oxygens (including phenoxy) is 1. The Hall–Kier alpha value is -2.42. The van der Waals surface area contributed by atoms with Gasteiger partial charge in [-0.3, -0.25) is 9.69 Å². The van der Waals surface area contributed by atoms with Gasteiger partial charge in [0.05, 0.1) is 24.5 Å². The average molecular weight is 408 g/mol. The van der Waals surface area contributed by atoms with E-state index in [0.29, 0.717) is 29.8 Å². The summed E-state index contributed by atoms with van der Waals surface area (Å²) >= 11 is 0. The first-order valence-corrected chi connectivity index (χ1v) is 10.00. The van der Waals surface area contributed by atoms with Crippen LogP contribution >= 0.6 is 0 Å². The van der Waals surface area contributed by atoms with Crippen LogP contribution in [0.2, 0.25) is 0 Å². The van der Waals surface area contributed by atoms with Crippen LogP contribution in [0.5, 0.6) is 0 Å². The van der Waals surface area contributed by atoms with Gasteiger partial charge in [-0.05, 0) is 30.0 Å². The molecule has 0 saturated carbocycles. The van der Waals surface area contributed by atoms with Crippen LogP contribution in [0.25, 0.3) is 0 Å². The molecular formula is C20H26F2N4O3. The fourth-order valence-corrected chi connectivity index (χ4v) is 4.61. The van der Waals surface area contributed by atoms with Crippen molar-refractivity contribution in [3.8, 4) is 0 Å². The highest BCUT2D eigenvalue weighted by Gasteiger charge is 2.40. The minimum absolute atomic E-state index is 0.196. The summed E-state index contributed by atoms with van der Waals surface area (Å²) in [5.41, 5.74) is 0.970. The molecule has 29 heavy (non-hydrogen) atoms. The summed E-state index contributed by atoms with van der Waals surface area (Å²) in [6.45, 7) is 5.27. The van der Waals surface area contributed by atoms with E-state index in [0.717, 1.165) is 26.2 Å². The standard InChI is InChI=1S/C20H26F2N4O3/c1-13(27)23-7-17-12-26(20(28)29-17)16-2-3-19(18(22)6-16)25-10-14-8-24(5-4-21)9-15(14)11-25/h2-3,6,14-15,17H,4-5,7-12H2,1H3,(H,23,27). The summed E-state index contributed by atoms with van der Waals surface area (Å²) in [6, 6.07) is 4.80. The quantitative estimate of drug-likeness (QED) is 0.775. The number of carbonyl (C=O) groups excluding carboxylic acids is 2. The molecule has 0 spiro atoms. The van der Waals surface area contributed by atoms with Gasteiger partial charge in [-0.1, -0.05) is 0 Å². The number of carbonyl (C=O) groups is 2. The van der Waals surface area contributed by atoms with Crippen LogP contribution in [-0.4, -0.2) is 75.5 Å². The van der Waals surface area contributed by atoms with Crippen molar-refractivity contribution in [2.24, 2.45) is 11.8 Å². The smallest absolute Gasteiger partial charge is 0.414 e. The van der Waals surface area contributed by atoms with E-state index in [1.165, 1.54) is 17.9 Å². The Morgan fingerprint density at radius 2 is 1.93 bits per heavy atom. The molecule has 9 heteroatoms. The van der Waals surface area contributed by atoms with Gasteiger partial charge in [0.1, 0.15) is 18.6 Å². The third kappa shape index (κ3) is 4.14. The molecule has 3 saturated heterocycles. The Kier molecular flexibility index (Phi) is 5.58. The summed E-state index contributed by atoms with van der Waals surface area (Å²) in [5, 5.41) is 2.62. The number of cyclic esters (lactones) is 1. The highest BCUT2D eigenvalue weighted by Crippen LogP contribution is 2.36. The molecule has 3 fully saturated rings. The number of alkyl halides is 1. The van der Waals surface area contributed by atoms with Crippen molar-refractivity contribution in [1.82, 2.24) is 10.2 Å². The van der Waals surface area contributed by atoms with E-state index in [1.54, 1.807) is 12.1 Å². The molecule has 3 aliphatic rings. The monoisotopic (exact) mass is 408 g/mol. The van der Waals surface area contributed by atoms with Crippen molar-refractivity contribution in [2.45, 2.75) is 13.0 Å². The molecule has 0 bridgehead atoms. The predicted octanol–water partition coefficient (Wildman–Crippen LogP) is 1.62. The molecule has 7 nitrogen and oxygen atoms in total. The zero-order valence-electron chi connectivity index (χ0n) is 16.4. The first-order chi connectivity index (χ1) is 13.9. The van der Waals surface area contributed by atoms with Gasteiger partial charge in [-0.25, -0.2) is 13.6 Å². The highest BCUT2D eigenvalue weighted by molar-refractivity contribution is 5.90. The lowest BCUT2D eigenvalue weighted by Crippen LogP contribution is -2.33. The minimum Gasteiger partial charge on any atom is -0.442 e. The van der Waals surface area contributed by atoms with E-state index >= 15 is 0 Å². The minimum atomic E-state index is -0.545. The number of fused-ring (bicyclic) bond motifs is 1. The molecule has 0 aromatic heterocycles. The second kappa shape index (κ2) is 8.14. The van der Waals surface area contributed by atoms with Crippen LogP contribution < -0.4 is 15.1 Å². The zero-order chi connectivity index (χ0) is 20.5. The Bertz CT molecular complexity index is 779. The lowest BCUT2D eigenvalue weighted by molar-refractivity contribution is -0.119. The number of benzene rings is 1. The Morgan fingerprint density at radius 1 is 1.21 bits per heavy atom. The summed E-state index contributed by atoms with van der Waals surface area (Å²) in [7, 11) is 0. The highest BCUT2D eigenvalue weighted by atomic mass is 19.1. The predicted molar refractivity (Wildman–Crippen MR) is 104 cm³/mol. The molecule has 158 valence electrons. The second-order valence-corrected chi connectivity index (χ2v) is 8.06. The van der Waals surface area contributed by atoms with Crippen LogP contribution in [0.4, 0.5) is 25.0 Å². The van der Waals surface area contributed by atoms with Crippen LogP contribution in [0.3, 0.4) is 0 Å². The van der Waals surface area contributed by atoms with Gasteiger partial charge < -0.3 is 19.9 Å². The molecule has 0 radical (unpaired) electrons. The van der Waals surface area contributed by atoms with Crippen molar-refractivity contribution >= 4 is 23.4 Å². The van der Waals surface area contributed by atoms with Crippen molar-refractivity contribution in [2.75, 3.05) is 62.3 Å². The van der Waals surface area contributed by atoms with Gasteiger partial charge in [0, 0.05) is 39.6 Å². The average Bonchev–Trinajstić information content (AvgIpc) is 3.33. The van der Waals surface area contributed by atoms with Crippen molar-refractivity contribution in [3.05, 3.63) is 24.0 Å². The first-order valence-electron chi connectivity index (χ1n) is 10.00. The van der Waals surface area contributed by atoms with E-state index in [2.05, 4.69) is 10.2 Å². The zero-order valence-corrected chi connectivity index (χ0v) is 16.4. The molecule has 1 N–H and O–H groups in total. The molecule has 3 heterocycles. The van der Waals surface area contributed by atoms with Crippen molar-refractivity contribution < 1.29 is 23.1 Å². The van der Waals surface area contributed by atoms with Gasteiger partial charge in [-0.2, -0.15) is 0 Å². The molecule has 1 aromatic rings. The lowest BCUT2D eigenvalue weighted by Gasteiger charge is -2.24. The normalized spacial score (nSPS) is 26.7. The molecule has 0 aliphatic carbocycles. The fraction of sp³-hybridized carbons (Fsp3) is 0.600. The maximum atomic E-state index is 14.9. The molecule has 3 atom stereocenters. The molecule has 1 aromatic carbocycles. The van der Waals surface area contributed by atoms with Gasteiger partial charge in [0.15, 0.2) is 0 Å². The van der Waals surface area contributed by atoms with E-state index in [1.807, 2.05) is 4.90 Å². The fourth-order valence-electron chi connectivity index (χ4n) is 4.61. The van der Waals surface area contributed by atoms with Gasteiger partial charge >= 0.3 is 6.09 Å². The molecule has 3 aliphatic heterocycles. The molecule has 2 amide bonds. The lowest BCUT2D eigenvalue weighted by atomic mass is 10.0. The van der Waals surface area contributed by atoms with Gasteiger partial charge in [-0.15, -0.1) is 0 Å². The number of nitrogens with one attached hydrogen (secondary N) is 1. The van der Waals surface area contributed by atoms with Crippen molar-refractivity contribution in [1.29, 1.82) is 0 Å². The number of amides is 2. The third-order valence-corrected chi connectivity index (χ3v) is 6.00. The van der Waals surface area contributed by atoms with Crippen LogP contribution in [0, 0.1) is 17.7 Å². The van der Waals surface area contributed by atoms with Crippen LogP contribution in [-0.2, 0) is 9.53 Å². The largest absolute Gasteiger partial charge is 0.442 e. The van der Waals surface area contributed by atoms with Gasteiger partial charge in [0.25, 0.3) is 0 Å². The van der Waals surface area contributed by atoms with E-state index < -0.39 is 12.2 Å². The van der Waals surface area contributed by atoms with Crippen molar-refractivity contribution in [3.63, 3.8) is 0 Å². The number of nitrogens with zero attached hydrogens (tertiary/aromatic N) is 3. The Balaban J connectivity index is 1.39. The Labute approximate surface area is 168 Å². The van der Waals surface area contributed by atoms with E-state index in [-0.39, 0.29) is 31.5 Å². The Morgan fingerprint density at radius 3 is 2.55 bits per heavy atom. The second-order valence-electron chi connectivity index (χ2n) is 8.06. The van der Waals surface area contributed by atoms with E-state index in [9.17, 15) is 18.4 Å². The maximum Gasteiger partial charge on any atom is 0.414 e. The van der Waals surface area contributed by atoms with E-state index in [4.69, 9.17) is 4.74 Å². The summed E-state index contributed by atoms with van der Waals surface area (Å²) in [4.78, 5) is 28.7.